The molecule has 0 radical (unpaired) electrons. The zero-order valence-electron chi connectivity index (χ0n) is 6.35. The van der Waals surface area contributed by atoms with E-state index in [1.54, 1.807) is 12.4 Å². The Balaban J connectivity index is 2.19. The first kappa shape index (κ1) is 7.94. The molecule has 0 amide bonds. The maximum absolute atomic E-state index is 5.22. The second kappa shape index (κ2) is 4.62. The molecule has 0 fully saturated rings. The summed E-state index contributed by atoms with van der Waals surface area (Å²) >= 11 is 0. The number of hydrogen-bond donors (Lipinski definition) is 1. The minimum absolute atomic E-state index is 0.513. The SMILES string of the molecule is NCC=NCCn1cccn1. The van der Waals surface area contributed by atoms with E-state index in [2.05, 4.69) is 10.1 Å². The molecule has 0 aliphatic rings. The van der Waals surface area contributed by atoms with Crippen molar-refractivity contribution in [1.82, 2.24) is 9.78 Å². The summed E-state index contributed by atoms with van der Waals surface area (Å²) in [6.45, 7) is 2.08. The van der Waals surface area contributed by atoms with Gasteiger partial charge in [0.2, 0.25) is 0 Å². The number of nitrogens with two attached hydrogens (primary N) is 1. The van der Waals surface area contributed by atoms with E-state index in [4.69, 9.17) is 5.73 Å². The van der Waals surface area contributed by atoms with Crippen LogP contribution in [0.5, 0.6) is 0 Å². The van der Waals surface area contributed by atoms with Gasteiger partial charge in [-0.15, -0.1) is 0 Å². The van der Waals surface area contributed by atoms with E-state index in [0.29, 0.717) is 6.54 Å². The van der Waals surface area contributed by atoms with Crippen LogP contribution in [0.3, 0.4) is 0 Å². The van der Waals surface area contributed by atoms with E-state index >= 15 is 0 Å². The number of hydrogen-bond acceptors (Lipinski definition) is 3. The molecule has 2 N–H and O–H groups in total. The molecule has 1 rings (SSSR count). The predicted molar refractivity (Wildman–Crippen MR) is 44.6 cm³/mol. The third-order valence-corrected chi connectivity index (χ3v) is 1.25. The van der Waals surface area contributed by atoms with Crippen molar-refractivity contribution in [3.05, 3.63) is 18.5 Å². The largest absolute Gasteiger partial charge is 0.326 e. The molecule has 0 unspecified atom stereocenters. The molecule has 60 valence electrons. The van der Waals surface area contributed by atoms with Gasteiger partial charge < -0.3 is 5.73 Å². The Morgan fingerprint density at radius 1 is 1.64 bits per heavy atom. The van der Waals surface area contributed by atoms with Gasteiger partial charge >= 0.3 is 0 Å². The molecule has 1 aromatic rings. The molecular formula is C7H12N4. The average Bonchev–Trinajstić information content (AvgIpc) is 2.50. The van der Waals surface area contributed by atoms with E-state index in [-0.39, 0.29) is 0 Å². The van der Waals surface area contributed by atoms with E-state index in [1.165, 1.54) is 0 Å². The van der Waals surface area contributed by atoms with Crippen molar-refractivity contribution in [1.29, 1.82) is 0 Å². The van der Waals surface area contributed by atoms with Gasteiger partial charge in [-0.2, -0.15) is 5.10 Å². The zero-order valence-corrected chi connectivity index (χ0v) is 6.35. The van der Waals surface area contributed by atoms with Crippen LogP contribution >= 0.6 is 0 Å². The Labute approximate surface area is 65.7 Å². The van der Waals surface area contributed by atoms with Crippen LogP contribution in [0.1, 0.15) is 0 Å². The molecule has 0 saturated heterocycles. The molecule has 4 nitrogen and oxygen atoms in total. The topological polar surface area (TPSA) is 56.2 Å². The van der Waals surface area contributed by atoms with Crippen molar-refractivity contribution in [2.24, 2.45) is 10.7 Å². The minimum Gasteiger partial charge on any atom is -0.326 e. The molecule has 0 atom stereocenters. The van der Waals surface area contributed by atoms with E-state index in [9.17, 15) is 0 Å². The maximum atomic E-state index is 5.22. The highest BCUT2D eigenvalue weighted by molar-refractivity contribution is 5.58. The molecular weight excluding hydrogens is 140 g/mol. The predicted octanol–water partition coefficient (Wildman–Crippen LogP) is -0.0874. The van der Waals surface area contributed by atoms with Gasteiger partial charge in [-0.1, -0.05) is 0 Å². The van der Waals surface area contributed by atoms with Crippen LogP contribution < -0.4 is 5.73 Å². The number of aliphatic imine (C=N–C) groups is 1. The summed E-state index contributed by atoms with van der Waals surface area (Å²) < 4.78 is 1.84. The van der Waals surface area contributed by atoms with Gasteiger partial charge in [-0.25, -0.2) is 0 Å². The third-order valence-electron chi connectivity index (χ3n) is 1.25. The van der Waals surface area contributed by atoms with Crippen molar-refractivity contribution in [3.63, 3.8) is 0 Å². The normalized spacial score (nSPS) is 11.0. The molecule has 1 aromatic heterocycles. The van der Waals surface area contributed by atoms with Gasteiger partial charge in [-0.3, -0.25) is 9.67 Å². The van der Waals surface area contributed by atoms with Gasteiger partial charge in [0.25, 0.3) is 0 Å². The Hall–Kier alpha value is -1.16. The van der Waals surface area contributed by atoms with E-state index in [0.717, 1.165) is 13.1 Å². The first-order chi connectivity index (χ1) is 5.43. The molecule has 4 heteroatoms. The molecule has 0 saturated carbocycles. The molecule has 0 aliphatic carbocycles. The van der Waals surface area contributed by atoms with Crippen molar-refractivity contribution in [3.8, 4) is 0 Å². The van der Waals surface area contributed by atoms with Crippen LogP contribution in [0.2, 0.25) is 0 Å². The Kier molecular flexibility index (Phi) is 3.34. The molecule has 0 aromatic carbocycles. The Morgan fingerprint density at radius 3 is 3.18 bits per heavy atom. The first-order valence-corrected chi connectivity index (χ1v) is 3.59. The van der Waals surface area contributed by atoms with Crippen molar-refractivity contribution >= 4 is 6.21 Å². The summed E-state index contributed by atoms with van der Waals surface area (Å²) in [5.41, 5.74) is 5.22. The van der Waals surface area contributed by atoms with Crippen LogP contribution in [0.25, 0.3) is 0 Å². The summed E-state index contributed by atoms with van der Waals surface area (Å²) in [6, 6.07) is 1.90. The Bertz CT molecular complexity index is 202. The summed E-state index contributed by atoms with van der Waals surface area (Å²) in [5, 5.41) is 4.03. The number of aromatic nitrogens is 2. The first-order valence-electron chi connectivity index (χ1n) is 3.59. The maximum Gasteiger partial charge on any atom is 0.0604 e. The summed E-state index contributed by atoms with van der Waals surface area (Å²) in [5.74, 6) is 0. The van der Waals surface area contributed by atoms with Gasteiger partial charge in [0.15, 0.2) is 0 Å². The van der Waals surface area contributed by atoms with Gasteiger partial charge in [-0.05, 0) is 6.07 Å². The highest BCUT2D eigenvalue weighted by Gasteiger charge is 1.85. The molecule has 11 heavy (non-hydrogen) atoms. The Morgan fingerprint density at radius 2 is 2.55 bits per heavy atom. The van der Waals surface area contributed by atoms with Crippen LogP contribution in [-0.2, 0) is 6.54 Å². The number of rotatable bonds is 4. The average molecular weight is 152 g/mol. The van der Waals surface area contributed by atoms with Gasteiger partial charge in [0.05, 0.1) is 13.1 Å². The van der Waals surface area contributed by atoms with Crippen molar-refractivity contribution in [2.75, 3.05) is 13.1 Å². The second-order valence-corrected chi connectivity index (χ2v) is 2.09. The van der Waals surface area contributed by atoms with Gasteiger partial charge in [0, 0.05) is 25.2 Å². The molecule has 0 bridgehead atoms. The smallest absolute Gasteiger partial charge is 0.0604 e. The zero-order chi connectivity index (χ0) is 7.94. The van der Waals surface area contributed by atoms with Crippen LogP contribution in [-0.4, -0.2) is 29.1 Å². The molecule has 1 heterocycles. The van der Waals surface area contributed by atoms with E-state index < -0.39 is 0 Å². The lowest BCUT2D eigenvalue weighted by atomic mass is 10.6. The number of nitrogens with zero attached hydrogens (tertiary/aromatic N) is 3. The van der Waals surface area contributed by atoms with Crippen LogP contribution in [0.4, 0.5) is 0 Å². The fraction of sp³-hybridized carbons (Fsp3) is 0.429. The summed E-state index contributed by atoms with van der Waals surface area (Å²) in [6.07, 6.45) is 5.38. The lowest BCUT2D eigenvalue weighted by molar-refractivity contribution is 0.626. The lowest BCUT2D eigenvalue weighted by Crippen LogP contribution is -2.04. The van der Waals surface area contributed by atoms with Crippen LogP contribution in [0, 0.1) is 0 Å². The summed E-state index contributed by atoms with van der Waals surface area (Å²) in [4.78, 5) is 4.05. The second-order valence-electron chi connectivity index (χ2n) is 2.09. The summed E-state index contributed by atoms with van der Waals surface area (Å²) in [7, 11) is 0. The quantitative estimate of drug-likeness (QED) is 0.613. The third kappa shape index (κ3) is 2.95. The fourth-order valence-corrected chi connectivity index (χ4v) is 0.759. The van der Waals surface area contributed by atoms with Crippen molar-refractivity contribution < 1.29 is 0 Å². The monoisotopic (exact) mass is 152 g/mol. The molecule has 0 spiro atoms. The molecule has 0 aliphatic heterocycles. The highest BCUT2D eigenvalue weighted by Crippen LogP contribution is 1.83. The minimum atomic E-state index is 0.513. The fourth-order valence-electron chi connectivity index (χ4n) is 0.759. The standard InChI is InChI=1S/C7H12N4/c8-2-4-9-5-7-11-6-1-3-10-11/h1,3-4,6H,2,5,7-8H2. The lowest BCUT2D eigenvalue weighted by Gasteiger charge is -1.95. The highest BCUT2D eigenvalue weighted by atomic mass is 15.3. The van der Waals surface area contributed by atoms with Gasteiger partial charge in [0.1, 0.15) is 0 Å². The van der Waals surface area contributed by atoms with Crippen molar-refractivity contribution in [2.45, 2.75) is 6.54 Å². The van der Waals surface area contributed by atoms with E-state index in [1.807, 2.05) is 16.9 Å². The van der Waals surface area contributed by atoms with Crippen LogP contribution in [0.15, 0.2) is 23.5 Å².